The van der Waals surface area contributed by atoms with Crippen molar-refractivity contribution in [3.8, 4) is 11.5 Å². The van der Waals surface area contributed by atoms with Gasteiger partial charge in [0.15, 0.2) is 22.8 Å². The van der Waals surface area contributed by atoms with Crippen molar-refractivity contribution in [2.75, 3.05) is 12.4 Å². The number of amides is 1. The highest BCUT2D eigenvalue weighted by molar-refractivity contribution is 7.99. The second-order valence-electron chi connectivity index (χ2n) is 7.47. The topological polar surface area (TPSA) is 95.6 Å². The molecule has 1 aliphatic heterocycles. The van der Waals surface area contributed by atoms with Crippen LogP contribution < -0.4 is 20.3 Å². The summed E-state index contributed by atoms with van der Waals surface area (Å²) in [6.45, 7) is 0.863. The lowest BCUT2D eigenvalue weighted by molar-refractivity contribution is -0.118. The van der Waals surface area contributed by atoms with Crippen molar-refractivity contribution in [3.05, 3.63) is 83.0 Å². The van der Waals surface area contributed by atoms with E-state index in [1.54, 1.807) is 41.2 Å². The fourth-order valence-corrected chi connectivity index (χ4v) is 4.39. The number of ether oxygens (including phenoxy) is 2. The van der Waals surface area contributed by atoms with Gasteiger partial charge in [0, 0.05) is 0 Å². The summed E-state index contributed by atoms with van der Waals surface area (Å²) in [7, 11) is 0. The van der Waals surface area contributed by atoms with E-state index < -0.39 is 0 Å². The second kappa shape index (κ2) is 9.41. The van der Waals surface area contributed by atoms with Crippen molar-refractivity contribution in [1.82, 2.24) is 14.9 Å². The van der Waals surface area contributed by atoms with Crippen molar-refractivity contribution in [2.45, 2.75) is 24.3 Å². The lowest BCUT2D eigenvalue weighted by Gasteiger charge is -2.27. The van der Waals surface area contributed by atoms with E-state index in [4.69, 9.17) is 13.9 Å². The molecule has 0 unspecified atom stereocenters. The molecule has 2 aromatic carbocycles. The first-order chi connectivity index (χ1) is 16.2. The molecule has 0 saturated heterocycles. The molecule has 2 aromatic heterocycles. The molecule has 0 spiro atoms. The van der Waals surface area contributed by atoms with E-state index in [9.17, 15) is 9.59 Å². The molecule has 8 nitrogen and oxygen atoms in total. The highest BCUT2D eigenvalue weighted by Gasteiger charge is 2.24. The number of aromatic nitrogens is 2. The first kappa shape index (κ1) is 21.1. The van der Waals surface area contributed by atoms with E-state index >= 15 is 0 Å². The first-order valence-corrected chi connectivity index (χ1v) is 11.5. The number of rotatable bonds is 7. The summed E-state index contributed by atoms with van der Waals surface area (Å²) in [5.41, 5.74) is 0.407. The SMILES string of the molecule is O=C(CSc1nc2ccccc2c(=O)n1C[C@@H]1COc2ccccc2O1)NCc1ccco1. The number of para-hydroxylation sites is 3. The Morgan fingerprint density at radius 1 is 1.09 bits per heavy atom. The quantitative estimate of drug-likeness (QED) is 0.332. The van der Waals surface area contributed by atoms with Crippen LogP contribution in [0.2, 0.25) is 0 Å². The van der Waals surface area contributed by atoms with Gasteiger partial charge < -0.3 is 19.2 Å². The van der Waals surface area contributed by atoms with Crippen LogP contribution in [0.4, 0.5) is 0 Å². The first-order valence-electron chi connectivity index (χ1n) is 10.5. The number of hydrogen-bond donors (Lipinski definition) is 1. The molecule has 33 heavy (non-hydrogen) atoms. The Kier molecular flexibility index (Phi) is 6.03. The van der Waals surface area contributed by atoms with Gasteiger partial charge in [-0.15, -0.1) is 0 Å². The number of nitrogens with one attached hydrogen (secondary N) is 1. The minimum Gasteiger partial charge on any atom is -0.486 e. The Hall–Kier alpha value is -3.72. The van der Waals surface area contributed by atoms with Crippen molar-refractivity contribution in [1.29, 1.82) is 0 Å². The highest BCUT2D eigenvalue weighted by Crippen LogP contribution is 2.31. The Morgan fingerprint density at radius 2 is 1.91 bits per heavy atom. The molecule has 0 bridgehead atoms. The average Bonchev–Trinajstić information content (AvgIpc) is 3.37. The van der Waals surface area contributed by atoms with Gasteiger partial charge in [-0.25, -0.2) is 4.98 Å². The highest BCUT2D eigenvalue weighted by atomic mass is 32.2. The lowest BCUT2D eigenvalue weighted by Crippen LogP contribution is -2.37. The number of furan rings is 1. The minimum absolute atomic E-state index is 0.107. The molecule has 4 aromatic rings. The molecule has 0 saturated carbocycles. The summed E-state index contributed by atoms with van der Waals surface area (Å²) < 4.78 is 18.7. The average molecular weight is 464 g/mol. The van der Waals surface area contributed by atoms with E-state index in [1.165, 1.54) is 11.8 Å². The van der Waals surface area contributed by atoms with Crippen LogP contribution >= 0.6 is 11.8 Å². The summed E-state index contributed by atoms with van der Waals surface area (Å²) in [6.07, 6.45) is 1.19. The molecule has 1 atom stereocenters. The normalized spacial score (nSPS) is 14.8. The van der Waals surface area contributed by atoms with Gasteiger partial charge in [-0.05, 0) is 36.4 Å². The second-order valence-corrected chi connectivity index (χ2v) is 8.41. The van der Waals surface area contributed by atoms with Crippen molar-refractivity contribution < 1.29 is 18.7 Å². The number of thioether (sulfide) groups is 1. The summed E-state index contributed by atoms with van der Waals surface area (Å²) in [4.78, 5) is 30.3. The van der Waals surface area contributed by atoms with Crippen LogP contribution in [0.1, 0.15) is 5.76 Å². The number of hydrogen-bond acceptors (Lipinski definition) is 7. The van der Waals surface area contributed by atoms with Gasteiger partial charge in [-0.2, -0.15) is 0 Å². The van der Waals surface area contributed by atoms with Gasteiger partial charge >= 0.3 is 0 Å². The third kappa shape index (κ3) is 4.73. The zero-order valence-corrected chi connectivity index (χ0v) is 18.4. The summed E-state index contributed by atoms with van der Waals surface area (Å²) in [6, 6.07) is 18.2. The molecule has 5 rings (SSSR count). The van der Waals surface area contributed by atoms with Crippen LogP contribution in [0.15, 0.2) is 81.3 Å². The monoisotopic (exact) mass is 463 g/mol. The maximum atomic E-state index is 13.3. The Morgan fingerprint density at radius 3 is 2.76 bits per heavy atom. The zero-order valence-electron chi connectivity index (χ0n) is 17.6. The lowest BCUT2D eigenvalue weighted by atomic mass is 10.2. The van der Waals surface area contributed by atoms with E-state index in [-0.39, 0.29) is 29.9 Å². The number of benzene rings is 2. The van der Waals surface area contributed by atoms with Crippen LogP contribution in [-0.2, 0) is 17.9 Å². The number of fused-ring (bicyclic) bond motifs is 2. The van der Waals surface area contributed by atoms with Crippen LogP contribution in [-0.4, -0.2) is 33.9 Å². The van der Waals surface area contributed by atoms with E-state index in [0.29, 0.717) is 46.5 Å². The van der Waals surface area contributed by atoms with Gasteiger partial charge in [0.1, 0.15) is 12.4 Å². The largest absolute Gasteiger partial charge is 0.486 e. The molecule has 1 aliphatic rings. The third-order valence-corrected chi connectivity index (χ3v) is 6.13. The van der Waals surface area contributed by atoms with Gasteiger partial charge in [0.25, 0.3) is 5.56 Å². The number of carbonyl (C=O) groups is 1. The third-order valence-electron chi connectivity index (χ3n) is 5.15. The van der Waals surface area contributed by atoms with E-state index in [0.717, 1.165) is 0 Å². The van der Waals surface area contributed by atoms with Gasteiger partial charge in [0.2, 0.25) is 5.91 Å². The smallest absolute Gasteiger partial charge is 0.262 e. The Bertz CT molecular complexity index is 1340. The molecule has 0 fully saturated rings. The van der Waals surface area contributed by atoms with E-state index in [1.807, 2.05) is 30.3 Å². The molecule has 3 heterocycles. The van der Waals surface area contributed by atoms with Crippen molar-refractivity contribution >= 4 is 28.6 Å². The Labute approximate surface area is 193 Å². The van der Waals surface area contributed by atoms with Crippen LogP contribution in [0, 0.1) is 0 Å². The number of nitrogens with zero attached hydrogens (tertiary/aromatic N) is 2. The maximum Gasteiger partial charge on any atom is 0.262 e. The molecule has 1 amide bonds. The molecule has 168 valence electrons. The molecular weight excluding hydrogens is 442 g/mol. The molecule has 1 N–H and O–H groups in total. The minimum atomic E-state index is -0.368. The van der Waals surface area contributed by atoms with E-state index in [2.05, 4.69) is 10.3 Å². The maximum absolute atomic E-state index is 13.3. The standard InChI is InChI=1S/C24H21N3O5S/c28-22(25-12-16-6-5-11-30-16)15-33-24-26-19-8-2-1-7-18(19)23(29)27(24)13-17-14-31-20-9-3-4-10-21(20)32-17/h1-11,17H,12-15H2,(H,25,28)/t17-/m1/s1. The summed E-state index contributed by atoms with van der Waals surface area (Å²) >= 11 is 1.21. The summed E-state index contributed by atoms with van der Waals surface area (Å²) in [5.74, 6) is 1.92. The van der Waals surface area contributed by atoms with Gasteiger partial charge in [0.05, 0.1) is 36.0 Å². The molecule has 0 radical (unpaired) electrons. The molecule has 0 aliphatic carbocycles. The fraction of sp³-hybridized carbons (Fsp3) is 0.208. The van der Waals surface area contributed by atoms with Crippen LogP contribution in [0.3, 0.4) is 0 Å². The fourth-order valence-electron chi connectivity index (χ4n) is 3.56. The van der Waals surface area contributed by atoms with Crippen LogP contribution in [0.25, 0.3) is 10.9 Å². The van der Waals surface area contributed by atoms with Gasteiger partial charge in [-0.1, -0.05) is 36.0 Å². The van der Waals surface area contributed by atoms with Crippen molar-refractivity contribution in [2.24, 2.45) is 0 Å². The Balaban J connectivity index is 1.36. The zero-order chi connectivity index (χ0) is 22.6. The molecular formula is C24H21N3O5S. The van der Waals surface area contributed by atoms with Crippen LogP contribution in [0.5, 0.6) is 11.5 Å². The number of carbonyl (C=O) groups excluding carboxylic acids is 1. The summed E-state index contributed by atoms with van der Waals surface area (Å²) in [5, 5.41) is 3.77. The predicted molar refractivity (Wildman–Crippen MR) is 124 cm³/mol. The van der Waals surface area contributed by atoms with Gasteiger partial charge in [-0.3, -0.25) is 14.2 Å². The molecule has 9 heteroatoms. The predicted octanol–water partition coefficient (Wildman–Crippen LogP) is 3.24. The van der Waals surface area contributed by atoms with Crippen molar-refractivity contribution in [3.63, 3.8) is 0 Å².